The first-order valence-corrected chi connectivity index (χ1v) is 15.2. The molecular formula is C29H40NP. The molecule has 166 valence electrons. The van der Waals surface area contributed by atoms with E-state index in [2.05, 4.69) is 29.2 Å². The van der Waals surface area contributed by atoms with Gasteiger partial charge in [0.1, 0.15) is 0 Å². The van der Waals surface area contributed by atoms with E-state index in [1.165, 1.54) is 19.5 Å². The lowest BCUT2D eigenvalue weighted by Gasteiger charge is -2.67. The molecule has 9 fully saturated rings. The van der Waals surface area contributed by atoms with E-state index >= 15 is 0 Å². The molecule has 0 unspecified atom stereocenters. The lowest BCUT2D eigenvalue weighted by Crippen LogP contribution is -2.58. The Morgan fingerprint density at radius 3 is 1.42 bits per heavy atom. The van der Waals surface area contributed by atoms with Crippen molar-refractivity contribution in [3.8, 4) is 0 Å². The van der Waals surface area contributed by atoms with Gasteiger partial charge in [0.15, 0.2) is 0 Å². The first kappa shape index (κ1) is 18.8. The lowest BCUT2D eigenvalue weighted by molar-refractivity contribution is 0.0195. The number of para-hydroxylation sites is 1. The molecule has 0 N–H and O–H groups in total. The fourth-order valence-corrected chi connectivity index (χ4v) is 16.5. The zero-order valence-corrected chi connectivity index (χ0v) is 20.2. The highest BCUT2D eigenvalue weighted by atomic mass is 31.1. The first-order valence-electron chi connectivity index (χ1n) is 13.8. The van der Waals surface area contributed by atoms with Gasteiger partial charge in [-0.05, 0) is 135 Å². The van der Waals surface area contributed by atoms with Gasteiger partial charge in [-0.1, -0.05) is 26.1 Å². The maximum atomic E-state index is 2.76. The molecule has 0 atom stereocenters. The quantitative estimate of drug-likeness (QED) is 0.465. The van der Waals surface area contributed by atoms with Crippen LogP contribution in [0.5, 0.6) is 0 Å². The van der Waals surface area contributed by atoms with E-state index in [1.807, 2.05) is 5.30 Å². The van der Waals surface area contributed by atoms with Gasteiger partial charge in [0.25, 0.3) is 0 Å². The van der Waals surface area contributed by atoms with Crippen LogP contribution in [0.15, 0.2) is 24.3 Å². The van der Waals surface area contributed by atoms with Gasteiger partial charge in [0.2, 0.25) is 0 Å². The van der Waals surface area contributed by atoms with Gasteiger partial charge in [-0.2, -0.15) is 0 Å². The minimum atomic E-state index is -0.0707. The summed E-state index contributed by atoms with van der Waals surface area (Å²) in [7, 11) is -0.0707. The van der Waals surface area contributed by atoms with Crippen molar-refractivity contribution < 1.29 is 0 Å². The molecule has 1 aromatic carbocycles. The van der Waals surface area contributed by atoms with Crippen LogP contribution in [0.25, 0.3) is 0 Å². The van der Waals surface area contributed by atoms with Gasteiger partial charge >= 0.3 is 0 Å². The summed E-state index contributed by atoms with van der Waals surface area (Å²) in [5.41, 5.74) is 1.69. The van der Waals surface area contributed by atoms with E-state index in [9.17, 15) is 0 Å². The third-order valence-corrected chi connectivity index (χ3v) is 15.1. The minimum absolute atomic E-state index is 0.0707. The van der Waals surface area contributed by atoms with Crippen molar-refractivity contribution in [2.24, 2.45) is 35.5 Å². The highest BCUT2D eigenvalue weighted by molar-refractivity contribution is 7.69. The van der Waals surface area contributed by atoms with Crippen LogP contribution in [0, 0.1) is 35.5 Å². The molecule has 31 heavy (non-hydrogen) atoms. The first-order chi connectivity index (χ1) is 15.2. The highest BCUT2D eigenvalue weighted by Gasteiger charge is 2.63. The molecule has 0 radical (unpaired) electrons. The molecule has 1 aromatic rings. The van der Waals surface area contributed by atoms with Gasteiger partial charge in [-0.3, -0.25) is 0 Å². The van der Waals surface area contributed by atoms with Gasteiger partial charge in [-0.15, -0.1) is 0 Å². The lowest BCUT2D eigenvalue weighted by atomic mass is 9.55. The molecule has 9 aliphatic rings. The number of rotatable bonds is 4. The summed E-state index contributed by atoms with van der Waals surface area (Å²) < 4.78 is 0. The number of nitrogens with zero attached hydrogens (tertiary/aromatic N) is 1. The monoisotopic (exact) mass is 433 g/mol. The molecule has 2 heteroatoms. The van der Waals surface area contributed by atoms with Crippen molar-refractivity contribution in [3.63, 3.8) is 0 Å². The molecule has 8 bridgehead atoms. The second kappa shape index (κ2) is 6.52. The molecule has 10 rings (SSSR count). The largest absolute Gasteiger partial charge is 0.371 e. The van der Waals surface area contributed by atoms with Gasteiger partial charge in [0, 0.05) is 24.1 Å². The van der Waals surface area contributed by atoms with Crippen molar-refractivity contribution in [3.05, 3.63) is 24.3 Å². The van der Waals surface area contributed by atoms with Crippen LogP contribution >= 0.6 is 7.92 Å². The Hall–Kier alpha value is -0.550. The summed E-state index contributed by atoms with van der Waals surface area (Å²) in [5.74, 6) is 6.51. The van der Waals surface area contributed by atoms with E-state index in [-0.39, 0.29) is 7.92 Å². The molecule has 1 heterocycles. The zero-order chi connectivity index (χ0) is 20.2. The topological polar surface area (TPSA) is 3.24 Å². The molecule has 1 aliphatic heterocycles. The summed E-state index contributed by atoms with van der Waals surface area (Å²) in [6, 6.07) is 9.97. The Morgan fingerprint density at radius 2 is 1.03 bits per heavy atom. The van der Waals surface area contributed by atoms with Gasteiger partial charge in [-0.25, -0.2) is 0 Å². The standard InChI is InChI=1S/C29H40NP/c1-2-5-27(26(4-1)30-6-3-7-30)31(28-14-20-8-21(15-28)10-22(9-20)16-28)29-17-23-11-24(18-29)13-25(12-23)19-29/h1-2,4-5,20-25H,3,6-19H2. The Kier molecular flexibility index (Phi) is 3.96. The molecule has 8 saturated carbocycles. The second-order valence-corrected chi connectivity index (χ2v) is 16.5. The van der Waals surface area contributed by atoms with Crippen LogP contribution in [-0.4, -0.2) is 23.4 Å². The van der Waals surface area contributed by atoms with Crippen molar-refractivity contribution >= 4 is 18.9 Å². The normalized spacial score (nSPS) is 50.0. The number of hydrogen-bond donors (Lipinski definition) is 0. The predicted molar refractivity (Wildman–Crippen MR) is 132 cm³/mol. The summed E-state index contributed by atoms with van der Waals surface area (Å²) in [5, 5.41) is 3.30. The van der Waals surface area contributed by atoms with Crippen LogP contribution in [0.2, 0.25) is 0 Å². The molecule has 8 aliphatic carbocycles. The van der Waals surface area contributed by atoms with Crippen LogP contribution in [0.1, 0.15) is 83.5 Å². The third kappa shape index (κ3) is 2.71. The van der Waals surface area contributed by atoms with Crippen molar-refractivity contribution in [1.29, 1.82) is 0 Å². The molecule has 0 spiro atoms. The Labute approximate surface area is 190 Å². The van der Waals surface area contributed by atoms with E-state index in [1.54, 1.807) is 82.7 Å². The van der Waals surface area contributed by atoms with Gasteiger partial charge in [0.05, 0.1) is 0 Å². The van der Waals surface area contributed by atoms with E-state index < -0.39 is 0 Å². The van der Waals surface area contributed by atoms with E-state index in [0.29, 0.717) is 10.3 Å². The van der Waals surface area contributed by atoms with Crippen molar-refractivity contribution in [1.82, 2.24) is 0 Å². The average molecular weight is 434 g/mol. The SMILES string of the molecule is c1ccc(P(C23CC4CC(CC(C4)C2)C3)C23CC4CC(CC(C4)C2)C3)c(N2CCC2)c1. The van der Waals surface area contributed by atoms with Crippen molar-refractivity contribution in [2.45, 2.75) is 93.8 Å². The summed E-state index contributed by atoms with van der Waals surface area (Å²) >= 11 is 0. The number of benzene rings is 1. The van der Waals surface area contributed by atoms with Crippen LogP contribution in [0.4, 0.5) is 5.69 Å². The smallest absolute Gasteiger partial charge is 0.0444 e. The summed E-state index contributed by atoms with van der Waals surface area (Å²) in [6.07, 6.45) is 20.6. The Balaban J connectivity index is 1.30. The fourth-order valence-electron chi connectivity index (χ4n) is 11.2. The van der Waals surface area contributed by atoms with Gasteiger partial charge < -0.3 is 4.90 Å². The highest BCUT2D eigenvalue weighted by Crippen LogP contribution is 2.78. The average Bonchev–Trinajstić information content (AvgIpc) is 2.65. The Morgan fingerprint density at radius 1 is 0.613 bits per heavy atom. The minimum Gasteiger partial charge on any atom is -0.371 e. The third-order valence-electron chi connectivity index (χ3n) is 11.3. The molecule has 1 nitrogen and oxygen atoms in total. The molecule has 0 amide bonds. The van der Waals surface area contributed by atoms with Crippen LogP contribution in [0.3, 0.4) is 0 Å². The second-order valence-electron chi connectivity index (χ2n) is 13.4. The van der Waals surface area contributed by atoms with E-state index in [0.717, 1.165) is 35.5 Å². The van der Waals surface area contributed by atoms with Crippen molar-refractivity contribution in [2.75, 3.05) is 18.0 Å². The number of hydrogen-bond acceptors (Lipinski definition) is 1. The molecule has 0 aromatic heterocycles. The Bertz CT molecular complexity index is 770. The maximum absolute atomic E-state index is 2.76. The van der Waals surface area contributed by atoms with Crippen LogP contribution in [-0.2, 0) is 0 Å². The molecular weight excluding hydrogens is 393 g/mol. The summed E-state index contributed by atoms with van der Waals surface area (Å²) in [4.78, 5) is 2.76. The molecule has 1 saturated heterocycles. The zero-order valence-electron chi connectivity index (χ0n) is 19.3. The number of anilines is 1. The van der Waals surface area contributed by atoms with E-state index in [4.69, 9.17) is 0 Å². The summed E-state index contributed by atoms with van der Waals surface area (Å²) in [6.45, 7) is 2.61. The van der Waals surface area contributed by atoms with Crippen LogP contribution < -0.4 is 10.2 Å². The fraction of sp³-hybridized carbons (Fsp3) is 0.793. The maximum Gasteiger partial charge on any atom is 0.0444 e. The predicted octanol–water partition coefficient (Wildman–Crippen LogP) is 6.94.